The molecular formula is C17H12F8N6O2. The topological polar surface area (TPSA) is 90.8 Å². The molecule has 8 nitrogen and oxygen atoms in total. The van der Waals surface area contributed by atoms with Crippen LogP contribution in [0.25, 0.3) is 17.1 Å². The summed E-state index contributed by atoms with van der Waals surface area (Å²) in [4.78, 5) is 12.0. The number of nitrogens with zero attached hydrogens (tertiary/aromatic N) is 5. The number of aromatic nitrogens is 5. The number of hydrogen-bond donors (Lipinski definition) is 1. The first kappa shape index (κ1) is 22.7. The van der Waals surface area contributed by atoms with Crippen molar-refractivity contribution in [3.63, 3.8) is 0 Å². The molecule has 178 valence electrons. The summed E-state index contributed by atoms with van der Waals surface area (Å²) in [7, 11) is 0.761. The molecule has 0 atom stereocenters. The lowest BCUT2D eigenvalue weighted by Gasteiger charge is -2.19. The average molecular weight is 484 g/mol. The summed E-state index contributed by atoms with van der Waals surface area (Å²) in [5, 5.41) is 12.6. The molecule has 0 spiro atoms. The molecule has 1 aliphatic rings. The van der Waals surface area contributed by atoms with Gasteiger partial charge in [-0.2, -0.15) is 45.3 Å². The second-order valence-corrected chi connectivity index (χ2v) is 7.24. The molecule has 1 fully saturated rings. The van der Waals surface area contributed by atoms with Gasteiger partial charge in [-0.25, -0.2) is 9.36 Å². The first-order chi connectivity index (χ1) is 15.2. The van der Waals surface area contributed by atoms with Gasteiger partial charge in [-0.1, -0.05) is 5.16 Å². The fraction of sp³-hybridized carbons (Fsp3) is 0.412. The SMILES string of the molecule is Cn1nc(C(F)(F)C(F)(F)F)c(C(F)(F)F)c1-n1cc(-c2cc(C(=O)NC3CC3)no2)cn1. The molecule has 3 aromatic heterocycles. The number of amides is 1. The van der Waals surface area contributed by atoms with Crippen LogP contribution in [0.5, 0.6) is 0 Å². The summed E-state index contributed by atoms with van der Waals surface area (Å²) in [5.41, 5.74) is -4.94. The van der Waals surface area contributed by atoms with Crippen LogP contribution in [0, 0.1) is 0 Å². The van der Waals surface area contributed by atoms with E-state index in [1.54, 1.807) is 0 Å². The van der Waals surface area contributed by atoms with E-state index >= 15 is 0 Å². The van der Waals surface area contributed by atoms with Gasteiger partial charge in [0.25, 0.3) is 5.91 Å². The Labute approximate surface area is 178 Å². The predicted octanol–water partition coefficient (Wildman–Crippen LogP) is 3.83. The number of rotatable bonds is 5. The Morgan fingerprint density at radius 2 is 1.82 bits per heavy atom. The highest BCUT2D eigenvalue weighted by Crippen LogP contribution is 2.49. The van der Waals surface area contributed by atoms with Crippen molar-refractivity contribution in [3.8, 4) is 17.1 Å². The summed E-state index contributed by atoms with van der Waals surface area (Å²) in [6, 6.07) is 1.20. The zero-order chi connectivity index (χ0) is 24.3. The normalized spacial score (nSPS) is 15.2. The van der Waals surface area contributed by atoms with Gasteiger partial charge >= 0.3 is 18.3 Å². The Balaban J connectivity index is 1.74. The third kappa shape index (κ3) is 4.04. The molecule has 0 radical (unpaired) electrons. The first-order valence-electron chi connectivity index (χ1n) is 9.12. The van der Waals surface area contributed by atoms with Crippen molar-refractivity contribution < 1.29 is 44.4 Å². The fourth-order valence-corrected chi connectivity index (χ4v) is 2.96. The minimum Gasteiger partial charge on any atom is -0.355 e. The van der Waals surface area contributed by atoms with Gasteiger partial charge in [-0.15, -0.1) is 0 Å². The molecule has 3 aromatic rings. The van der Waals surface area contributed by atoms with Crippen LogP contribution in [0.4, 0.5) is 35.1 Å². The summed E-state index contributed by atoms with van der Waals surface area (Å²) in [5.74, 6) is -7.69. The number of nitrogens with one attached hydrogen (secondary N) is 1. The zero-order valence-electron chi connectivity index (χ0n) is 16.3. The van der Waals surface area contributed by atoms with E-state index in [0.29, 0.717) is 4.68 Å². The molecule has 1 aliphatic carbocycles. The third-order valence-corrected chi connectivity index (χ3v) is 4.69. The lowest BCUT2D eigenvalue weighted by atomic mass is 10.1. The average Bonchev–Trinajstić information content (AvgIpc) is 3.10. The van der Waals surface area contributed by atoms with E-state index in [1.165, 1.54) is 6.07 Å². The quantitative estimate of drug-likeness (QED) is 0.556. The number of carbonyl (C=O) groups is 1. The fourth-order valence-electron chi connectivity index (χ4n) is 2.96. The first-order valence-corrected chi connectivity index (χ1v) is 9.12. The molecule has 3 heterocycles. The van der Waals surface area contributed by atoms with Crippen LogP contribution in [0.1, 0.15) is 34.6 Å². The van der Waals surface area contributed by atoms with Crippen LogP contribution in [0.15, 0.2) is 23.0 Å². The maximum atomic E-state index is 13.8. The molecule has 0 unspecified atom stereocenters. The molecule has 4 rings (SSSR count). The minimum atomic E-state index is -6.31. The summed E-state index contributed by atoms with van der Waals surface area (Å²) < 4.78 is 112. The smallest absolute Gasteiger partial charge is 0.355 e. The van der Waals surface area contributed by atoms with Gasteiger partial charge < -0.3 is 9.84 Å². The highest BCUT2D eigenvalue weighted by Gasteiger charge is 2.64. The van der Waals surface area contributed by atoms with Crippen molar-refractivity contribution in [2.75, 3.05) is 0 Å². The van der Waals surface area contributed by atoms with Crippen LogP contribution in [-0.2, 0) is 19.1 Å². The van der Waals surface area contributed by atoms with Crippen LogP contribution in [0.3, 0.4) is 0 Å². The highest BCUT2D eigenvalue weighted by molar-refractivity contribution is 5.93. The Bertz CT molecular complexity index is 1200. The maximum Gasteiger partial charge on any atom is 0.459 e. The lowest BCUT2D eigenvalue weighted by molar-refractivity contribution is -0.292. The molecule has 1 saturated carbocycles. The molecule has 0 bridgehead atoms. The second kappa shape index (κ2) is 7.28. The number of aryl methyl sites for hydroxylation is 1. The molecule has 0 aromatic carbocycles. The molecular weight excluding hydrogens is 472 g/mol. The number of alkyl halides is 8. The van der Waals surface area contributed by atoms with Crippen molar-refractivity contribution in [2.45, 2.75) is 37.2 Å². The minimum absolute atomic E-state index is 0.0218. The Kier molecular flexibility index (Phi) is 5.01. The van der Waals surface area contributed by atoms with E-state index in [2.05, 4.69) is 20.7 Å². The molecule has 16 heteroatoms. The monoisotopic (exact) mass is 484 g/mol. The molecule has 0 aliphatic heterocycles. The van der Waals surface area contributed by atoms with E-state index in [1.807, 2.05) is 0 Å². The van der Waals surface area contributed by atoms with Gasteiger partial charge in [0.1, 0.15) is 5.56 Å². The van der Waals surface area contributed by atoms with Crippen LogP contribution in [0.2, 0.25) is 0 Å². The van der Waals surface area contributed by atoms with Gasteiger partial charge in [0, 0.05) is 25.4 Å². The van der Waals surface area contributed by atoms with Crippen molar-refractivity contribution >= 4 is 5.91 Å². The molecule has 1 amide bonds. The van der Waals surface area contributed by atoms with Gasteiger partial charge in [-0.05, 0) is 12.8 Å². The largest absolute Gasteiger partial charge is 0.459 e. The highest BCUT2D eigenvalue weighted by atomic mass is 19.4. The Morgan fingerprint density at radius 3 is 2.39 bits per heavy atom. The third-order valence-electron chi connectivity index (χ3n) is 4.69. The van der Waals surface area contributed by atoms with Crippen molar-refractivity contribution in [2.24, 2.45) is 7.05 Å². The van der Waals surface area contributed by atoms with Crippen LogP contribution >= 0.6 is 0 Å². The number of halogens is 8. The number of carbonyl (C=O) groups excluding carboxylic acids is 1. The maximum absolute atomic E-state index is 13.8. The Hall–Kier alpha value is -3.46. The standard InChI is InChI=1S/C17H12F8N6O2/c1-30-14(11(16(20,21)22)12(28-30)15(18,19)17(23,24)25)31-6-7(5-26-31)10-4-9(29-33-10)13(32)27-8-2-3-8/h4-6,8H,2-3H2,1H3,(H,27,32). The summed E-state index contributed by atoms with van der Waals surface area (Å²) in [6.45, 7) is 0. The van der Waals surface area contributed by atoms with Crippen LogP contribution in [-0.4, -0.2) is 42.8 Å². The molecule has 0 saturated heterocycles. The van der Waals surface area contributed by atoms with Gasteiger partial charge in [0.2, 0.25) is 0 Å². The summed E-state index contributed by atoms with van der Waals surface area (Å²) >= 11 is 0. The van der Waals surface area contributed by atoms with Gasteiger partial charge in [0.05, 0.1) is 11.8 Å². The van der Waals surface area contributed by atoms with Gasteiger partial charge in [-0.3, -0.25) is 4.79 Å². The van der Waals surface area contributed by atoms with E-state index < -0.39 is 41.3 Å². The van der Waals surface area contributed by atoms with E-state index in [9.17, 15) is 39.9 Å². The van der Waals surface area contributed by atoms with E-state index in [-0.39, 0.29) is 27.7 Å². The van der Waals surface area contributed by atoms with Crippen molar-refractivity contribution in [3.05, 3.63) is 35.4 Å². The molecule has 33 heavy (non-hydrogen) atoms. The van der Waals surface area contributed by atoms with Crippen molar-refractivity contribution in [1.29, 1.82) is 0 Å². The van der Waals surface area contributed by atoms with Crippen molar-refractivity contribution in [1.82, 2.24) is 30.0 Å². The number of hydrogen-bond acceptors (Lipinski definition) is 5. The Morgan fingerprint density at radius 1 is 1.15 bits per heavy atom. The van der Waals surface area contributed by atoms with Crippen LogP contribution < -0.4 is 5.32 Å². The van der Waals surface area contributed by atoms with E-state index in [0.717, 1.165) is 32.3 Å². The molecule has 1 N–H and O–H groups in total. The lowest BCUT2D eigenvalue weighted by Crippen LogP contribution is -2.36. The van der Waals surface area contributed by atoms with Gasteiger partial charge in [0.15, 0.2) is 23.0 Å². The second-order valence-electron chi connectivity index (χ2n) is 7.24. The van der Waals surface area contributed by atoms with E-state index in [4.69, 9.17) is 4.52 Å². The summed E-state index contributed by atoms with van der Waals surface area (Å²) in [6.07, 6.45) is -8.48. The zero-order valence-corrected chi connectivity index (χ0v) is 16.3. The predicted molar refractivity (Wildman–Crippen MR) is 91.3 cm³/mol.